The maximum absolute atomic E-state index is 12.6. The van der Waals surface area contributed by atoms with E-state index in [1.54, 1.807) is 26.0 Å². The molecule has 1 aromatic carbocycles. The molecule has 0 aliphatic carbocycles. The van der Waals surface area contributed by atoms with Crippen LogP contribution in [0.25, 0.3) is 0 Å². The lowest BCUT2D eigenvalue weighted by Crippen LogP contribution is -2.42. The Morgan fingerprint density at radius 3 is 2.38 bits per heavy atom. The molecular formula is C13H19N3O4S. The molecule has 1 fully saturated rings. The molecule has 2 N–H and O–H groups in total. The van der Waals surface area contributed by atoms with Crippen LogP contribution in [0.5, 0.6) is 0 Å². The van der Waals surface area contributed by atoms with Crippen molar-refractivity contribution in [3.8, 4) is 0 Å². The van der Waals surface area contributed by atoms with Crippen LogP contribution in [0.3, 0.4) is 0 Å². The highest BCUT2D eigenvalue weighted by molar-refractivity contribution is 7.89. The van der Waals surface area contributed by atoms with Gasteiger partial charge in [-0.05, 0) is 45.3 Å². The van der Waals surface area contributed by atoms with Crippen molar-refractivity contribution in [1.29, 1.82) is 0 Å². The summed E-state index contributed by atoms with van der Waals surface area (Å²) in [6.07, 6.45) is 1.36. The van der Waals surface area contributed by atoms with Crippen LogP contribution in [-0.4, -0.2) is 32.5 Å². The van der Waals surface area contributed by atoms with Crippen molar-refractivity contribution in [1.82, 2.24) is 10.0 Å². The number of nitrogens with zero attached hydrogens (tertiary/aromatic N) is 1. The van der Waals surface area contributed by atoms with Crippen LogP contribution >= 0.6 is 0 Å². The highest BCUT2D eigenvalue weighted by Crippen LogP contribution is 2.30. The van der Waals surface area contributed by atoms with E-state index in [1.165, 1.54) is 0 Å². The lowest BCUT2D eigenvalue weighted by atomic mass is 10.1. The molecule has 21 heavy (non-hydrogen) atoms. The summed E-state index contributed by atoms with van der Waals surface area (Å²) in [5.74, 6) is 0. The highest BCUT2D eigenvalue weighted by atomic mass is 32.2. The third kappa shape index (κ3) is 3.39. The molecule has 116 valence electrons. The molecule has 0 bridgehead atoms. The van der Waals surface area contributed by atoms with E-state index in [0.29, 0.717) is 24.0 Å². The topological polar surface area (TPSA) is 101 Å². The molecule has 1 heterocycles. The Kier molecular flexibility index (Phi) is 4.60. The third-order valence-electron chi connectivity index (χ3n) is 3.64. The van der Waals surface area contributed by atoms with Crippen LogP contribution in [0.4, 0.5) is 5.69 Å². The first-order chi connectivity index (χ1) is 9.83. The van der Waals surface area contributed by atoms with Crippen molar-refractivity contribution in [2.24, 2.45) is 0 Å². The SMILES string of the molecule is Cc1ccc(C)c(S(=O)(=O)NC2CCNCC2)c1[N+](=O)[O-]. The van der Waals surface area contributed by atoms with Gasteiger partial charge in [0.05, 0.1) is 4.92 Å². The van der Waals surface area contributed by atoms with Crippen LogP contribution < -0.4 is 10.0 Å². The molecule has 0 atom stereocenters. The van der Waals surface area contributed by atoms with Crippen molar-refractivity contribution in [2.45, 2.75) is 37.6 Å². The summed E-state index contributed by atoms with van der Waals surface area (Å²) < 4.78 is 27.7. The lowest BCUT2D eigenvalue weighted by Gasteiger charge is -2.23. The summed E-state index contributed by atoms with van der Waals surface area (Å²) in [4.78, 5) is 10.4. The van der Waals surface area contributed by atoms with Crippen LogP contribution in [-0.2, 0) is 10.0 Å². The zero-order chi connectivity index (χ0) is 15.6. The van der Waals surface area contributed by atoms with E-state index in [2.05, 4.69) is 10.0 Å². The fourth-order valence-corrected chi connectivity index (χ4v) is 4.33. The third-order valence-corrected chi connectivity index (χ3v) is 5.34. The Morgan fingerprint density at radius 2 is 1.81 bits per heavy atom. The Labute approximate surface area is 123 Å². The van der Waals surface area contributed by atoms with Gasteiger partial charge in [-0.1, -0.05) is 12.1 Å². The van der Waals surface area contributed by atoms with Crippen molar-refractivity contribution < 1.29 is 13.3 Å². The fourth-order valence-electron chi connectivity index (χ4n) is 2.55. The zero-order valence-electron chi connectivity index (χ0n) is 12.0. The van der Waals surface area contributed by atoms with Gasteiger partial charge >= 0.3 is 0 Å². The summed E-state index contributed by atoms with van der Waals surface area (Å²) in [6, 6.07) is 2.98. The van der Waals surface area contributed by atoms with Gasteiger partial charge in [-0.2, -0.15) is 0 Å². The maximum atomic E-state index is 12.6. The first-order valence-electron chi connectivity index (χ1n) is 6.80. The number of nitro groups is 1. The molecule has 0 unspecified atom stereocenters. The van der Waals surface area contributed by atoms with E-state index < -0.39 is 14.9 Å². The quantitative estimate of drug-likeness (QED) is 0.643. The van der Waals surface area contributed by atoms with E-state index >= 15 is 0 Å². The average Bonchev–Trinajstić information content (AvgIpc) is 2.41. The number of benzene rings is 1. The average molecular weight is 313 g/mol. The van der Waals surface area contributed by atoms with Gasteiger partial charge in [-0.25, -0.2) is 13.1 Å². The van der Waals surface area contributed by atoms with E-state index in [1.807, 2.05) is 0 Å². The first kappa shape index (κ1) is 15.9. The number of rotatable bonds is 4. The maximum Gasteiger partial charge on any atom is 0.292 e. The van der Waals surface area contributed by atoms with Gasteiger partial charge in [0.15, 0.2) is 4.90 Å². The number of nitro benzene ring substituents is 1. The molecule has 1 saturated heterocycles. The van der Waals surface area contributed by atoms with Gasteiger partial charge in [0.2, 0.25) is 10.0 Å². The zero-order valence-corrected chi connectivity index (χ0v) is 12.9. The van der Waals surface area contributed by atoms with Gasteiger partial charge < -0.3 is 5.32 Å². The molecule has 8 heteroatoms. The van der Waals surface area contributed by atoms with E-state index in [0.717, 1.165) is 13.1 Å². The predicted molar refractivity (Wildman–Crippen MR) is 78.8 cm³/mol. The molecular weight excluding hydrogens is 294 g/mol. The van der Waals surface area contributed by atoms with Crippen molar-refractivity contribution in [3.63, 3.8) is 0 Å². The summed E-state index contributed by atoms with van der Waals surface area (Å²) in [6.45, 7) is 4.59. The van der Waals surface area contributed by atoms with Gasteiger partial charge in [-0.3, -0.25) is 10.1 Å². The van der Waals surface area contributed by atoms with Crippen molar-refractivity contribution in [3.05, 3.63) is 33.4 Å². The summed E-state index contributed by atoms with van der Waals surface area (Å²) in [5.41, 5.74) is 0.390. The number of nitrogens with one attached hydrogen (secondary N) is 2. The van der Waals surface area contributed by atoms with E-state index in [-0.39, 0.29) is 16.6 Å². The second-order valence-electron chi connectivity index (χ2n) is 5.28. The van der Waals surface area contributed by atoms with E-state index in [4.69, 9.17) is 0 Å². The second kappa shape index (κ2) is 6.08. The summed E-state index contributed by atoms with van der Waals surface area (Å²) in [5, 5.41) is 14.4. The lowest BCUT2D eigenvalue weighted by molar-refractivity contribution is -0.388. The number of hydrogen-bond donors (Lipinski definition) is 2. The molecule has 1 aliphatic heterocycles. The number of piperidine rings is 1. The van der Waals surface area contributed by atoms with Crippen LogP contribution in [0.2, 0.25) is 0 Å². The van der Waals surface area contributed by atoms with Gasteiger partial charge in [-0.15, -0.1) is 0 Å². The molecule has 7 nitrogen and oxygen atoms in total. The second-order valence-corrected chi connectivity index (χ2v) is 6.93. The minimum atomic E-state index is -3.91. The molecule has 0 amide bonds. The fraction of sp³-hybridized carbons (Fsp3) is 0.538. The Morgan fingerprint density at radius 1 is 1.24 bits per heavy atom. The monoisotopic (exact) mass is 313 g/mol. The number of sulfonamides is 1. The molecule has 1 aliphatic rings. The molecule has 1 aromatic rings. The van der Waals surface area contributed by atoms with Crippen LogP contribution in [0.1, 0.15) is 24.0 Å². The molecule has 0 spiro atoms. The molecule has 2 rings (SSSR count). The minimum Gasteiger partial charge on any atom is -0.317 e. The first-order valence-corrected chi connectivity index (χ1v) is 8.29. The number of aryl methyl sites for hydroxylation is 2. The molecule has 0 radical (unpaired) electrons. The standard InChI is InChI=1S/C13H19N3O4S/c1-9-3-4-10(2)13(12(9)16(17)18)21(19,20)15-11-5-7-14-8-6-11/h3-4,11,14-15H,5-8H2,1-2H3. The Balaban J connectivity index is 2.44. The summed E-state index contributed by atoms with van der Waals surface area (Å²) in [7, 11) is -3.91. The van der Waals surface area contributed by atoms with Gasteiger partial charge in [0, 0.05) is 11.6 Å². The highest BCUT2D eigenvalue weighted by Gasteiger charge is 2.31. The molecule has 0 aromatic heterocycles. The smallest absolute Gasteiger partial charge is 0.292 e. The number of hydrogen-bond acceptors (Lipinski definition) is 5. The van der Waals surface area contributed by atoms with Crippen molar-refractivity contribution >= 4 is 15.7 Å². The molecule has 0 saturated carbocycles. The minimum absolute atomic E-state index is 0.184. The van der Waals surface area contributed by atoms with E-state index in [9.17, 15) is 18.5 Å². The van der Waals surface area contributed by atoms with Crippen LogP contribution in [0, 0.1) is 24.0 Å². The predicted octanol–water partition coefficient (Wildman–Crippen LogP) is 1.24. The Hall–Kier alpha value is -1.51. The normalized spacial score (nSPS) is 16.9. The van der Waals surface area contributed by atoms with Crippen molar-refractivity contribution in [2.75, 3.05) is 13.1 Å². The van der Waals surface area contributed by atoms with Gasteiger partial charge in [0.25, 0.3) is 5.69 Å². The summed E-state index contributed by atoms with van der Waals surface area (Å²) >= 11 is 0. The van der Waals surface area contributed by atoms with Crippen LogP contribution in [0.15, 0.2) is 17.0 Å². The van der Waals surface area contributed by atoms with Gasteiger partial charge in [0.1, 0.15) is 0 Å². The Bertz CT molecular complexity index is 652. The largest absolute Gasteiger partial charge is 0.317 e.